The van der Waals surface area contributed by atoms with Crippen molar-refractivity contribution >= 4 is 10.0 Å². The maximum atomic E-state index is 13.0. The summed E-state index contributed by atoms with van der Waals surface area (Å²) in [4.78, 5) is 2.43. The number of hydrogen-bond acceptors (Lipinski definition) is 4. The van der Waals surface area contributed by atoms with E-state index in [1.807, 2.05) is 61.2 Å². The van der Waals surface area contributed by atoms with Gasteiger partial charge < -0.3 is 0 Å². The van der Waals surface area contributed by atoms with E-state index in [-0.39, 0.29) is 6.04 Å². The summed E-state index contributed by atoms with van der Waals surface area (Å²) in [5.41, 5.74) is 2.64. The third-order valence-electron chi connectivity index (χ3n) is 4.84. The molecule has 0 saturated carbocycles. The predicted molar refractivity (Wildman–Crippen MR) is 101 cm³/mol. The molecule has 1 aliphatic heterocycles. The number of piperazine rings is 1. The van der Waals surface area contributed by atoms with Crippen molar-refractivity contribution in [3.8, 4) is 6.07 Å². The van der Waals surface area contributed by atoms with Crippen molar-refractivity contribution in [1.29, 1.82) is 5.26 Å². The lowest BCUT2D eigenvalue weighted by atomic mass is 10.1. The molecule has 6 heteroatoms. The van der Waals surface area contributed by atoms with Gasteiger partial charge in [-0.05, 0) is 36.6 Å². The lowest BCUT2D eigenvalue weighted by Crippen LogP contribution is -2.49. The van der Waals surface area contributed by atoms with Crippen LogP contribution >= 0.6 is 0 Å². The zero-order chi connectivity index (χ0) is 18.7. The smallest absolute Gasteiger partial charge is 0.243 e. The second-order valence-corrected chi connectivity index (χ2v) is 8.56. The summed E-state index contributed by atoms with van der Waals surface area (Å²) in [5.74, 6) is 0. The number of aryl methyl sites for hydroxylation is 2. The molecule has 1 atom stereocenters. The van der Waals surface area contributed by atoms with E-state index in [1.54, 1.807) is 6.07 Å². The fourth-order valence-electron chi connectivity index (χ4n) is 3.33. The van der Waals surface area contributed by atoms with Crippen molar-refractivity contribution in [2.45, 2.75) is 24.8 Å². The van der Waals surface area contributed by atoms with E-state index in [4.69, 9.17) is 0 Å². The highest BCUT2D eigenvalue weighted by Gasteiger charge is 2.32. The van der Waals surface area contributed by atoms with Gasteiger partial charge in [-0.3, -0.25) is 4.90 Å². The molecule has 5 nitrogen and oxygen atoms in total. The summed E-state index contributed by atoms with van der Waals surface area (Å²) in [6.45, 7) is 5.58. The van der Waals surface area contributed by atoms with Crippen LogP contribution < -0.4 is 0 Å². The first kappa shape index (κ1) is 18.6. The summed E-state index contributed by atoms with van der Waals surface area (Å²) >= 11 is 0. The van der Waals surface area contributed by atoms with Crippen molar-refractivity contribution < 1.29 is 8.42 Å². The molecule has 0 spiro atoms. The molecule has 26 heavy (non-hydrogen) atoms. The number of nitriles is 1. The first-order valence-electron chi connectivity index (χ1n) is 8.69. The minimum absolute atomic E-state index is 0.346. The average Bonchev–Trinajstić information content (AvgIpc) is 2.65. The number of rotatable bonds is 4. The molecule has 3 rings (SSSR count). The topological polar surface area (TPSA) is 64.4 Å². The molecule has 1 fully saturated rings. The largest absolute Gasteiger partial charge is 0.282 e. The lowest BCUT2D eigenvalue weighted by Gasteiger charge is -2.36. The van der Waals surface area contributed by atoms with Crippen LogP contribution in [0.5, 0.6) is 0 Å². The van der Waals surface area contributed by atoms with Gasteiger partial charge in [0.25, 0.3) is 0 Å². The summed E-state index contributed by atoms with van der Waals surface area (Å²) in [6.07, 6.45) is 0. The Labute approximate surface area is 155 Å². The van der Waals surface area contributed by atoms with Gasteiger partial charge in [-0.2, -0.15) is 9.57 Å². The Morgan fingerprint density at radius 1 is 1.00 bits per heavy atom. The second kappa shape index (κ2) is 7.58. The van der Waals surface area contributed by atoms with Gasteiger partial charge >= 0.3 is 0 Å². The van der Waals surface area contributed by atoms with E-state index in [0.717, 1.165) is 16.7 Å². The summed E-state index contributed by atoms with van der Waals surface area (Å²) < 4.78 is 27.6. The number of nitrogens with zero attached hydrogens (tertiary/aromatic N) is 3. The minimum atomic E-state index is -3.51. The second-order valence-electron chi connectivity index (χ2n) is 6.65. The molecule has 2 aromatic rings. The Kier molecular flexibility index (Phi) is 5.42. The Bertz CT molecular complexity index is 912. The highest BCUT2D eigenvalue weighted by molar-refractivity contribution is 7.89. The van der Waals surface area contributed by atoms with Crippen molar-refractivity contribution in [1.82, 2.24) is 9.21 Å². The molecule has 136 valence electrons. The van der Waals surface area contributed by atoms with Gasteiger partial charge in [0, 0.05) is 26.2 Å². The molecule has 1 unspecified atom stereocenters. The molecule has 0 aromatic heterocycles. The van der Waals surface area contributed by atoms with Gasteiger partial charge in [0.2, 0.25) is 10.0 Å². The maximum Gasteiger partial charge on any atom is 0.243 e. The molecule has 0 bridgehead atoms. The van der Waals surface area contributed by atoms with Gasteiger partial charge in [0.1, 0.15) is 6.04 Å². The first-order valence-corrected chi connectivity index (χ1v) is 10.1. The molecule has 0 radical (unpaired) electrons. The Morgan fingerprint density at radius 3 is 2.27 bits per heavy atom. The van der Waals surface area contributed by atoms with Crippen molar-refractivity contribution in [2.24, 2.45) is 0 Å². The zero-order valence-corrected chi connectivity index (χ0v) is 15.9. The van der Waals surface area contributed by atoms with Crippen molar-refractivity contribution in [3.63, 3.8) is 0 Å². The minimum Gasteiger partial charge on any atom is -0.282 e. The molecule has 1 heterocycles. The normalized spacial score (nSPS) is 17.6. The molecular weight excluding hydrogens is 346 g/mol. The van der Waals surface area contributed by atoms with Crippen LogP contribution in [-0.2, 0) is 10.0 Å². The number of benzene rings is 2. The van der Waals surface area contributed by atoms with Gasteiger partial charge in [-0.1, -0.05) is 42.5 Å². The van der Waals surface area contributed by atoms with E-state index in [2.05, 4.69) is 6.07 Å². The molecule has 2 aromatic carbocycles. The standard InChI is InChI=1S/C20H23N3O2S/c1-16-8-9-17(2)20(14-16)26(24,25)23-12-10-22(11-13-23)19(15-21)18-6-4-3-5-7-18/h3-9,14,19H,10-13H2,1-2H3. The van der Waals surface area contributed by atoms with Crippen molar-refractivity contribution in [2.75, 3.05) is 26.2 Å². The van der Waals surface area contributed by atoms with Gasteiger partial charge in [-0.15, -0.1) is 0 Å². The molecule has 1 saturated heterocycles. The average molecular weight is 369 g/mol. The Balaban J connectivity index is 1.76. The van der Waals surface area contributed by atoms with Crippen LogP contribution in [0.4, 0.5) is 0 Å². The number of sulfonamides is 1. The first-order chi connectivity index (χ1) is 12.4. The van der Waals surface area contributed by atoms with E-state index in [9.17, 15) is 13.7 Å². The Morgan fingerprint density at radius 2 is 1.65 bits per heavy atom. The SMILES string of the molecule is Cc1ccc(C)c(S(=O)(=O)N2CCN(C(C#N)c3ccccc3)CC2)c1. The molecular formula is C20H23N3O2S. The highest BCUT2D eigenvalue weighted by Crippen LogP contribution is 2.25. The van der Waals surface area contributed by atoms with Crippen LogP contribution in [0, 0.1) is 25.2 Å². The zero-order valence-electron chi connectivity index (χ0n) is 15.1. The Hall–Kier alpha value is -2.20. The molecule has 0 aliphatic carbocycles. The molecule has 0 N–H and O–H groups in total. The van der Waals surface area contributed by atoms with Crippen LogP contribution in [-0.4, -0.2) is 43.8 Å². The summed E-state index contributed by atoms with van der Waals surface area (Å²) in [5, 5.41) is 9.58. The van der Waals surface area contributed by atoms with Gasteiger partial charge in [0.05, 0.1) is 11.0 Å². The van der Waals surface area contributed by atoms with Gasteiger partial charge in [-0.25, -0.2) is 8.42 Å². The fourth-order valence-corrected chi connectivity index (χ4v) is 5.06. The summed E-state index contributed by atoms with van der Waals surface area (Å²) in [6, 6.07) is 17.1. The van der Waals surface area contributed by atoms with E-state index in [1.165, 1.54) is 4.31 Å². The quantitative estimate of drug-likeness (QED) is 0.831. The van der Waals surface area contributed by atoms with E-state index in [0.29, 0.717) is 31.1 Å². The van der Waals surface area contributed by atoms with E-state index < -0.39 is 10.0 Å². The molecule has 0 amide bonds. The van der Waals surface area contributed by atoms with Crippen LogP contribution in [0.1, 0.15) is 22.7 Å². The summed E-state index contributed by atoms with van der Waals surface area (Å²) in [7, 11) is -3.51. The molecule has 1 aliphatic rings. The maximum absolute atomic E-state index is 13.0. The third kappa shape index (κ3) is 3.65. The fraction of sp³-hybridized carbons (Fsp3) is 0.350. The lowest BCUT2D eigenvalue weighted by molar-refractivity contribution is 0.162. The highest BCUT2D eigenvalue weighted by atomic mass is 32.2. The van der Waals surface area contributed by atoms with Gasteiger partial charge in [0.15, 0.2) is 0 Å². The van der Waals surface area contributed by atoms with Crippen LogP contribution in [0.2, 0.25) is 0 Å². The predicted octanol–water partition coefficient (Wildman–Crippen LogP) is 2.87. The van der Waals surface area contributed by atoms with Crippen LogP contribution in [0.3, 0.4) is 0 Å². The van der Waals surface area contributed by atoms with Crippen LogP contribution in [0.25, 0.3) is 0 Å². The number of hydrogen-bond donors (Lipinski definition) is 0. The van der Waals surface area contributed by atoms with Crippen molar-refractivity contribution in [3.05, 3.63) is 65.2 Å². The van der Waals surface area contributed by atoms with Crippen LogP contribution in [0.15, 0.2) is 53.4 Å². The monoisotopic (exact) mass is 369 g/mol. The van der Waals surface area contributed by atoms with E-state index >= 15 is 0 Å². The third-order valence-corrected chi connectivity index (χ3v) is 6.88.